The van der Waals surface area contributed by atoms with Crippen molar-refractivity contribution in [1.82, 2.24) is 5.32 Å². The molecule has 2 N–H and O–H groups in total. The number of benzene rings is 2. The molecule has 0 aromatic heterocycles. The quantitative estimate of drug-likeness (QED) is 0.603. The van der Waals surface area contributed by atoms with Gasteiger partial charge in [0.15, 0.2) is 11.5 Å². The van der Waals surface area contributed by atoms with Gasteiger partial charge in [0.05, 0.1) is 27.4 Å². The maximum atomic E-state index is 10.3. The predicted octanol–water partition coefficient (Wildman–Crippen LogP) is 3.36. The van der Waals surface area contributed by atoms with Crippen molar-refractivity contribution < 1.29 is 19.3 Å². The summed E-state index contributed by atoms with van der Waals surface area (Å²) in [5.41, 5.74) is 2.13. The molecule has 0 heterocycles. The van der Waals surface area contributed by atoms with Crippen molar-refractivity contribution in [2.45, 2.75) is 25.4 Å². The van der Waals surface area contributed by atoms with Crippen LogP contribution in [0.4, 0.5) is 0 Å². The van der Waals surface area contributed by atoms with Crippen LogP contribution in [0.2, 0.25) is 0 Å². The number of aliphatic hydroxyl groups excluding tert-OH is 1. The first kappa shape index (κ1) is 20.1. The maximum Gasteiger partial charge on any atom is 0.161 e. The van der Waals surface area contributed by atoms with Crippen LogP contribution in [0.3, 0.4) is 0 Å². The van der Waals surface area contributed by atoms with Crippen molar-refractivity contribution in [3.05, 3.63) is 53.6 Å². The second kappa shape index (κ2) is 10.7. The normalized spacial score (nSPS) is 11.8. The van der Waals surface area contributed by atoms with E-state index in [0.717, 1.165) is 37.1 Å². The highest BCUT2D eigenvalue weighted by atomic mass is 16.5. The molecule has 0 aliphatic heterocycles. The van der Waals surface area contributed by atoms with E-state index in [2.05, 4.69) is 17.4 Å². The minimum atomic E-state index is -0.573. The van der Waals surface area contributed by atoms with Crippen LogP contribution in [0.5, 0.6) is 17.2 Å². The number of hydrogen-bond acceptors (Lipinski definition) is 5. The summed E-state index contributed by atoms with van der Waals surface area (Å²) in [4.78, 5) is 0. The van der Waals surface area contributed by atoms with Crippen LogP contribution in [0.25, 0.3) is 0 Å². The SMILES string of the molecule is COc1ccc(CCCCNCC(O)c2ccc(OC)c(OC)c2)cc1. The second-order valence-corrected chi connectivity index (χ2v) is 6.14. The Kier molecular flexibility index (Phi) is 8.25. The summed E-state index contributed by atoms with van der Waals surface area (Å²) in [6.07, 6.45) is 2.64. The van der Waals surface area contributed by atoms with Gasteiger partial charge in [-0.3, -0.25) is 0 Å². The molecule has 0 saturated carbocycles. The summed E-state index contributed by atoms with van der Waals surface area (Å²) in [5.74, 6) is 2.18. The molecular weight excluding hydrogens is 330 g/mol. The Labute approximate surface area is 155 Å². The van der Waals surface area contributed by atoms with Gasteiger partial charge in [-0.2, -0.15) is 0 Å². The van der Waals surface area contributed by atoms with Crippen LogP contribution >= 0.6 is 0 Å². The lowest BCUT2D eigenvalue weighted by atomic mass is 10.1. The number of ether oxygens (including phenoxy) is 3. The minimum Gasteiger partial charge on any atom is -0.497 e. The molecule has 0 fully saturated rings. The highest BCUT2D eigenvalue weighted by molar-refractivity contribution is 5.43. The fourth-order valence-electron chi connectivity index (χ4n) is 2.79. The van der Waals surface area contributed by atoms with Crippen molar-refractivity contribution in [3.8, 4) is 17.2 Å². The predicted molar refractivity (Wildman–Crippen MR) is 103 cm³/mol. The fourth-order valence-corrected chi connectivity index (χ4v) is 2.79. The largest absolute Gasteiger partial charge is 0.497 e. The molecule has 1 unspecified atom stereocenters. The van der Waals surface area contributed by atoms with Gasteiger partial charge in [-0.15, -0.1) is 0 Å². The van der Waals surface area contributed by atoms with Crippen LogP contribution in [0, 0.1) is 0 Å². The molecule has 0 saturated heterocycles. The van der Waals surface area contributed by atoms with Gasteiger partial charge >= 0.3 is 0 Å². The lowest BCUT2D eigenvalue weighted by Gasteiger charge is -2.15. The summed E-state index contributed by atoms with van der Waals surface area (Å²) in [7, 11) is 4.87. The number of aryl methyl sites for hydroxylation is 1. The molecule has 2 aromatic rings. The van der Waals surface area contributed by atoms with Gasteiger partial charge in [-0.1, -0.05) is 18.2 Å². The molecule has 0 aliphatic carbocycles. The van der Waals surface area contributed by atoms with Crippen LogP contribution in [0.15, 0.2) is 42.5 Å². The number of nitrogens with one attached hydrogen (secondary N) is 1. The Bertz CT molecular complexity index is 658. The van der Waals surface area contributed by atoms with Gasteiger partial charge in [0.25, 0.3) is 0 Å². The highest BCUT2D eigenvalue weighted by Gasteiger charge is 2.11. The van der Waals surface area contributed by atoms with Crippen molar-refractivity contribution in [2.24, 2.45) is 0 Å². The number of unbranched alkanes of at least 4 members (excludes halogenated alkanes) is 1. The van der Waals surface area contributed by atoms with Crippen molar-refractivity contribution in [3.63, 3.8) is 0 Å². The first-order valence-electron chi connectivity index (χ1n) is 8.91. The van der Waals surface area contributed by atoms with Crippen LogP contribution in [0.1, 0.15) is 30.1 Å². The molecule has 2 aromatic carbocycles. The van der Waals surface area contributed by atoms with Gasteiger partial charge in [0, 0.05) is 6.54 Å². The molecule has 1 atom stereocenters. The average Bonchev–Trinajstić information content (AvgIpc) is 2.70. The summed E-state index contributed by atoms with van der Waals surface area (Å²) in [5, 5.41) is 13.6. The lowest BCUT2D eigenvalue weighted by molar-refractivity contribution is 0.174. The Hall–Kier alpha value is -2.24. The van der Waals surface area contributed by atoms with E-state index < -0.39 is 6.10 Å². The van der Waals surface area contributed by atoms with E-state index in [1.54, 1.807) is 21.3 Å². The molecule has 142 valence electrons. The minimum absolute atomic E-state index is 0.512. The van der Waals surface area contributed by atoms with Gasteiger partial charge in [-0.05, 0) is 61.2 Å². The van der Waals surface area contributed by atoms with Crippen LogP contribution < -0.4 is 19.5 Å². The van der Waals surface area contributed by atoms with E-state index in [-0.39, 0.29) is 0 Å². The molecular formula is C21H29NO4. The molecule has 0 radical (unpaired) electrons. The zero-order valence-corrected chi connectivity index (χ0v) is 15.8. The van der Waals surface area contributed by atoms with E-state index in [1.807, 2.05) is 30.3 Å². The fraction of sp³-hybridized carbons (Fsp3) is 0.429. The molecule has 26 heavy (non-hydrogen) atoms. The summed E-state index contributed by atoms with van der Waals surface area (Å²) in [6.45, 7) is 1.39. The van der Waals surface area contributed by atoms with Gasteiger partial charge in [0.2, 0.25) is 0 Å². The lowest BCUT2D eigenvalue weighted by Crippen LogP contribution is -2.22. The molecule has 2 rings (SSSR count). The highest BCUT2D eigenvalue weighted by Crippen LogP contribution is 2.29. The molecule has 0 spiro atoms. The second-order valence-electron chi connectivity index (χ2n) is 6.14. The van der Waals surface area contributed by atoms with Crippen LogP contribution in [-0.4, -0.2) is 39.5 Å². The third-order valence-electron chi connectivity index (χ3n) is 4.36. The molecule has 0 bridgehead atoms. The smallest absolute Gasteiger partial charge is 0.161 e. The third kappa shape index (κ3) is 5.93. The van der Waals surface area contributed by atoms with Gasteiger partial charge in [0.1, 0.15) is 5.75 Å². The van der Waals surface area contributed by atoms with Crippen molar-refractivity contribution in [2.75, 3.05) is 34.4 Å². The number of hydrogen-bond donors (Lipinski definition) is 2. The topological polar surface area (TPSA) is 60.0 Å². The van der Waals surface area contributed by atoms with Crippen LogP contribution in [-0.2, 0) is 6.42 Å². The Morgan fingerprint density at radius 1 is 0.885 bits per heavy atom. The monoisotopic (exact) mass is 359 g/mol. The Morgan fingerprint density at radius 3 is 2.27 bits per heavy atom. The van der Waals surface area contributed by atoms with E-state index in [0.29, 0.717) is 18.0 Å². The summed E-state index contributed by atoms with van der Waals surface area (Å²) >= 11 is 0. The number of methoxy groups -OCH3 is 3. The molecule has 5 nitrogen and oxygen atoms in total. The molecule has 5 heteroatoms. The first-order valence-corrected chi connectivity index (χ1v) is 8.91. The molecule has 0 aliphatic rings. The van der Waals surface area contributed by atoms with E-state index in [1.165, 1.54) is 5.56 Å². The molecule has 0 amide bonds. The van der Waals surface area contributed by atoms with Crippen molar-refractivity contribution in [1.29, 1.82) is 0 Å². The Balaban J connectivity index is 1.67. The van der Waals surface area contributed by atoms with Crippen molar-refractivity contribution >= 4 is 0 Å². The maximum absolute atomic E-state index is 10.3. The van der Waals surface area contributed by atoms with E-state index in [4.69, 9.17) is 14.2 Å². The van der Waals surface area contributed by atoms with Gasteiger partial charge < -0.3 is 24.6 Å². The standard InChI is InChI=1S/C21H29NO4/c1-24-18-10-7-16(8-11-18)6-4-5-13-22-15-19(23)17-9-12-20(25-2)21(14-17)26-3/h7-12,14,19,22-23H,4-6,13,15H2,1-3H3. The third-order valence-corrected chi connectivity index (χ3v) is 4.36. The summed E-state index contributed by atoms with van der Waals surface area (Å²) in [6, 6.07) is 13.7. The zero-order chi connectivity index (χ0) is 18.8. The average molecular weight is 359 g/mol. The Morgan fingerprint density at radius 2 is 1.62 bits per heavy atom. The zero-order valence-electron chi connectivity index (χ0n) is 15.8. The first-order chi connectivity index (χ1) is 12.7. The summed E-state index contributed by atoms with van der Waals surface area (Å²) < 4.78 is 15.7. The number of rotatable bonds is 11. The number of aliphatic hydroxyl groups is 1. The van der Waals surface area contributed by atoms with E-state index in [9.17, 15) is 5.11 Å². The van der Waals surface area contributed by atoms with Gasteiger partial charge in [-0.25, -0.2) is 0 Å². The van der Waals surface area contributed by atoms with E-state index >= 15 is 0 Å².